The summed E-state index contributed by atoms with van der Waals surface area (Å²) in [5.74, 6) is 0. The number of rotatable bonds is 5. The highest BCUT2D eigenvalue weighted by molar-refractivity contribution is 6.30. The molecule has 2 atom stereocenters. The standard InChI is InChI=1S/C12H17ClO2/c1-2-3-7-11(14)12(15)9-5-4-6-10(13)8-9/h4-6,8,11-12,14-15H,2-3,7H2,1H3. The molecule has 0 radical (unpaired) electrons. The van der Waals surface area contributed by atoms with Crippen LogP contribution in [0.2, 0.25) is 5.02 Å². The molecule has 0 aliphatic carbocycles. The van der Waals surface area contributed by atoms with Gasteiger partial charge in [0, 0.05) is 5.02 Å². The smallest absolute Gasteiger partial charge is 0.105 e. The molecule has 84 valence electrons. The van der Waals surface area contributed by atoms with Crippen molar-refractivity contribution in [3.05, 3.63) is 34.9 Å². The highest BCUT2D eigenvalue weighted by atomic mass is 35.5. The van der Waals surface area contributed by atoms with E-state index in [1.165, 1.54) is 0 Å². The van der Waals surface area contributed by atoms with Gasteiger partial charge in [0.05, 0.1) is 6.10 Å². The third-order valence-electron chi connectivity index (χ3n) is 2.41. The van der Waals surface area contributed by atoms with Crippen LogP contribution in [0.3, 0.4) is 0 Å². The molecule has 2 N–H and O–H groups in total. The minimum absolute atomic E-state index is 0.578. The van der Waals surface area contributed by atoms with E-state index in [-0.39, 0.29) is 0 Å². The molecule has 0 bridgehead atoms. The fraction of sp³-hybridized carbons (Fsp3) is 0.500. The molecule has 0 aliphatic rings. The normalized spacial score (nSPS) is 14.9. The third-order valence-corrected chi connectivity index (χ3v) is 2.64. The van der Waals surface area contributed by atoms with Gasteiger partial charge in [-0.2, -0.15) is 0 Å². The molecule has 0 amide bonds. The molecule has 0 fully saturated rings. The Bertz CT molecular complexity index is 301. The number of benzene rings is 1. The van der Waals surface area contributed by atoms with Gasteiger partial charge < -0.3 is 10.2 Å². The van der Waals surface area contributed by atoms with Crippen molar-refractivity contribution in [2.75, 3.05) is 0 Å². The Morgan fingerprint density at radius 2 is 2.07 bits per heavy atom. The molecule has 3 heteroatoms. The van der Waals surface area contributed by atoms with Crippen molar-refractivity contribution in [3.8, 4) is 0 Å². The van der Waals surface area contributed by atoms with Gasteiger partial charge in [0.1, 0.15) is 6.10 Å². The fourth-order valence-corrected chi connectivity index (χ4v) is 1.68. The molecule has 1 aromatic rings. The van der Waals surface area contributed by atoms with Crippen LogP contribution in [0.5, 0.6) is 0 Å². The maximum absolute atomic E-state index is 9.83. The van der Waals surface area contributed by atoms with Crippen LogP contribution in [-0.4, -0.2) is 16.3 Å². The van der Waals surface area contributed by atoms with E-state index >= 15 is 0 Å². The molecular formula is C12H17ClO2. The van der Waals surface area contributed by atoms with E-state index < -0.39 is 12.2 Å². The minimum Gasteiger partial charge on any atom is -0.390 e. The molecule has 0 saturated carbocycles. The highest BCUT2D eigenvalue weighted by Gasteiger charge is 2.17. The first-order valence-electron chi connectivity index (χ1n) is 5.26. The Hall–Kier alpha value is -0.570. The molecule has 0 saturated heterocycles. The second kappa shape index (κ2) is 6.11. The predicted octanol–water partition coefficient (Wildman–Crippen LogP) is 2.92. The van der Waals surface area contributed by atoms with Gasteiger partial charge in [-0.3, -0.25) is 0 Å². The monoisotopic (exact) mass is 228 g/mol. The summed E-state index contributed by atoms with van der Waals surface area (Å²) in [6, 6.07) is 6.97. The molecule has 0 aliphatic heterocycles. The first-order chi connectivity index (χ1) is 7.15. The summed E-state index contributed by atoms with van der Waals surface area (Å²) >= 11 is 5.81. The van der Waals surface area contributed by atoms with Crippen LogP contribution < -0.4 is 0 Å². The van der Waals surface area contributed by atoms with Gasteiger partial charge in [0.25, 0.3) is 0 Å². The average Bonchev–Trinajstić information content (AvgIpc) is 2.24. The molecule has 2 unspecified atom stereocenters. The molecule has 0 heterocycles. The Morgan fingerprint density at radius 1 is 1.33 bits per heavy atom. The zero-order valence-corrected chi connectivity index (χ0v) is 9.61. The lowest BCUT2D eigenvalue weighted by atomic mass is 10.0. The van der Waals surface area contributed by atoms with Gasteiger partial charge in [0.2, 0.25) is 0 Å². The van der Waals surface area contributed by atoms with Crippen LogP contribution in [-0.2, 0) is 0 Å². The van der Waals surface area contributed by atoms with Crippen LogP contribution >= 0.6 is 11.6 Å². The van der Waals surface area contributed by atoms with Gasteiger partial charge in [0.15, 0.2) is 0 Å². The maximum Gasteiger partial charge on any atom is 0.105 e. The van der Waals surface area contributed by atoms with Crippen molar-refractivity contribution < 1.29 is 10.2 Å². The van der Waals surface area contributed by atoms with Crippen molar-refractivity contribution in [3.63, 3.8) is 0 Å². The van der Waals surface area contributed by atoms with E-state index in [2.05, 4.69) is 6.92 Å². The fourth-order valence-electron chi connectivity index (χ4n) is 1.48. The van der Waals surface area contributed by atoms with Gasteiger partial charge in [-0.15, -0.1) is 0 Å². The summed E-state index contributed by atoms with van der Waals surface area (Å²) < 4.78 is 0. The number of aliphatic hydroxyl groups is 2. The average molecular weight is 229 g/mol. The lowest BCUT2D eigenvalue weighted by Crippen LogP contribution is -2.17. The number of hydrogen-bond acceptors (Lipinski definition) is 2. The molecule has 0 spiro atoms. The van der Waals surface area contributed by atoms with Crippen molar-refractivity contribution in [1.82, 2.24) is 0 Å². The lowest BCUT2D eigenvalue weighted by Gasteiger charge is -2.17. The second-order valence-electron chi connectivity index (χ2n) is 3.71. The van der Waals surface area contributed by atoms with Crippen molar-refractivity contribution >= 4 is 11.6 Å². The van der Waals surface area contributed by atoms with Gasteiger partial charge in [-0.05, 0) is 24.1 Å². The van der Waals surface area contributed by atoms with Crippen LogP contribution in [0.1, 0.15) is 37.9 Å². The number of hydrogen-bond donors (Lipinski definition) is 2. The van der Waals surface area contributed by atoms with Gasteiger partial charge in [-0.25, -0.2) is 0 Å². The van der Waals surface area contributed by atoms with E-state index in [1.54, 1.807) is 24.3 Å². The SMILES string of the molecule is CCCCC(O)C(O)c1cccc(Cl)c1. The Kier molecular flexibility index (Phi) is 5.09. The second-order valence-corrected chi connectivity index (χ2v) is 4.15. The first kappa shape index (κ1) is 12.5. The van der Waals surface area contributed by atoms with Crippen LogP contribution in [0.4, 0.5) is 0 Å². The van der Waals surface area contributed by atoms with E-state index in [4.69, 9.17) is 11.6 Å². The van der Waals surface area contributed by atoms with Crippen LogP contribution in [0.15, 0.2) is 24.3 Å². The van der Waals surface area contributed by atoms with Gasteiger partial charge >= 0.3 is 0 Å². The number of aliphatic hydroxyl groups excluding tert-OH is 2. The zero-order chi connectivity index (χ0) is 11.3. The number of halogens is 1. The Balaban J connectivity index is 2.62. The predicted molar refractivity (Wildman–Crippen MR) is 61.9 cm³/mol. The zero-order valence-electron chi connectivity index (χ0n) is 8.86. The first-order valence-corrected chi connectivity index (χ1v) is 5.64. The summed E-state index contributed by atoms with van der Waals surface area (Å²) in [5.41, 5.74) is 0.672. The lowest BCUT2D eigenvalue weighted by molar-refractivity contribution is 0.0122. The molecule has 0 aromatic heterocycles. The topological polar surface area (TPSA) is 40.5 Å². The Morgan fingerprint density at radius 3 is 2.67 bits per heavy atom. The summed E-state index contributed by atoms with van der Waals surface area (Å²) in [5, 5.41) is 20.1. The highest BCUT2D eigenvalue weighted by Crippen LogP contribution is 2.22. The summed E-state index contributed by atoms with van der Waals surface area (Å²) in [4.78, 5) is 0. The summed E-state index contributed by atoms with van der Waals surface area (Å²) in [7, 11) is 0. The van der Waals surface area contributed by atoms with Crippen molar-refractivity contribution in [2.45, 2.75) is 38.4 Å². The van der Waals surface area contributed by atoms with E-state index in [9.17, 15) is 10.2 Å². The van der Waals surface area contributed by atoms with Crippen LogP contribution in [0.25, 0.3) is 0 Å². The molecule has 2 nitrogen and oxygen atoms in total. The third kappa shape index (κ3) is 3.82. The quantitative estimate of drug-likeness (QED) is 0.814. The minimum atomic E-state index is -0.838. The largest absolute Gasteiger partial charge is 0.390 e. The maximum atomic E-state index is 9.83. The molecule has 15 heavy (non-hydrogen) atoms. The van der Waals surface area contributed by atoms with Gasteiger partial charge in [-0.1, -0.05) is 43.5 Å². The Labute approximate surface area is 95.5 Å². The molecule has 1 rings (SSSR count). The van der Waals surface area contributed by atoms with E-state index in [0.29, 0.717) is 17.0 Å². The summed E-state index contributed by atoms with van der Waals surface area (Å²) in [6.07, 6.45) is 1.00. The van der Waals surface area contributed by atoms with Crippen LogP contribution in [0, 0.1) is 0 Å². The van der Waals surface area contributed by atoms with E-state index in [0.717, 1.165) is 12.8 Å². The number of unbranched alkanes of at least 4 members (excludes halogenated alkanes) is 1. The molecular weight excluding hydrogens is 212 g/mol. The van der Waals surface area contributed by atoms with Crippen molar-refractivity contribution in [2.24, 2.45) is 0 Å². The van der Waals surface area contributed by atoms with Crippen molar-refractivity contribution in [1.29, 1.82) is 0 Å². The molecule has 1 aromatic carbocycles. The van der Waals surface area contributed by atoms with E-state index in [1.807, 2.05) is 0 Å². The summed E-state index contributed by atoms with van der Waals surface area (Å²) in [6.45, 7) is 2.05.